The van der Waals surface area contributed by atoms with Crippen LogP contribution < -0.4 is 0 Å². The van der Waals surface area contributed by atoms with Gasteiger partial charge in [-0.15, -0.1) is 0 Å². The Morgan fingerprint density at radius 2 is 1.84 bits per heavy atom. The molecule has 0 spiro atoms. The molecule has 2 nitrogen and oxygen atoms in total. The van der Waals surface area contributed by atoms with Crippen LogP contribution in [0.15, 0.2) is 11.6 Å². The lowest BCUT2D eigenvalue weighted by Crippen LogP contribution is -2.05. The molecule has 2 heteroatoms. The standard InChI is InChI=1S/C17H31O2/c1-13(2)16(5)11-10-14(3)8-7-9-15(4)12-17(18)19-6/h12,14,16H,7-11H2,1-6H3/q+1/b15-12+. The fourth-order valence-electron chi connectivity index (χ4n) is 2.03. The molecular weight excluding hydrogens is 236 g/mol. The predicted octanol–water partition coefficient (Wildman–Crippen LogP) is 4.94. The van der Waals surface area contributed by atoms with Crippen LogP contribution in [0.25, 0.3) is 0 Å². The first-order valence-corrected chi connectivity index (χ1v) is 7.42. The second-order valence-corrected chi connectivity index (χ2v) is 6.07. The van der Waals surface area contributed by atoms with E-state index in [0.717, 1.165) is 30.3 Å². The van der Waals surface area contributed by atoms with Gasteiger partial charge in [0.25, 0.3) is 0 Å². The third kappa shape index (κ3) is 9.63. The molecule has 0 aliphatic heterocycles. The Morgan fingerprint density at radius 3 is 2.37 bits per heavy atom. The highest BCUT2D eigenvalue weighted by atomic mass is 16.5. The summed E-state index contributed by atoms with van der Waals surface area (Å²) in [5.41, 5.74) is 1.12. The minimum absolute atomic E-state index is 0.242. The average Bonchev–Trinajstić information content (AvgIpc) is 2.35. The molecule has 2 atom stereocenters. The first kappa shape index (κ1) is 18.1. The molecule has 19 heavy (non-hydrogen) atoms. The lowest BCUT2D eigenvalue weighted by Gasteiger charge is -2.13. The molecule has 0 aromatic heterocycles. The van der Waals surface area contributed by atoms with Crippen molar-refractivity contribution in [3.05, 3.63) is 17.6 Å². The summed E-state index contributed by atoms with van der Waals surface area (Å²) < 4.78 is 4.62. The summed E-state index contributed by atoms with van der Waals surface area (Å²) >= 11 is 0. The van der Waals surface area contributed by atoms with Gasteiger partial charge in [0.05, 0.1) is 32.8 Å². The summed E-state index contributed by atoms with van der Waals surface area (Å²) in [4.78, 5) is 11.1. The molecule has 0 aromatic rings. The number of ether oxygens (including phenoxy) is 1. The number of carbonyl (C=O) groups excluding carboxylic acids is 1. The summed E-state index contributed by atoms with van der Waals surface area (Å²) in [7, 11) is 1.42. The third-order valence-corrected chi connectivity index (χ3v) is 3.91. The second-order valence-electron chi connectivity index (χ2n) is 6.07. The van der Waals surface area contributed by atoms with Gasteiger partial charge in [-0.05, 0) is 45.4 Å². The van der Waals surface area contributed by atoms with Gasteiger partial charge in [0.2, 0.25) is 0 Å². The maximum atomic E-state index is 11.1. The van der Waals surface area contributed by atoms with E-state index in [1.807, 2.05) is 6.92 Å². The molecule has 0 bridgehead atoms. The van der Waals surface area contributed by atoms with Crippen LogP contribution in [0.5, 0.6) is 0 Å². The maximum Gasteiger partial charge on any atom is 0.330 e. The molecule has 0 N–H and O–H groups in total. The number of rotatable bonds is 9. The summed E-state index contributed by atoms with van der Waals surface area (Å²) in [6.07, 6.45) is 7.58. The highest BCUT2D eigenvalue weighted by Gasteiger charge is 2.17. The quantitative estimate of drug-likeness (QED) is 0.336. The SMILES string of the molecule is COC(=O)/C=C(\C)CCCC(C)CCC(C)[C+](C)C. The highest BCUT2D eigenvalue weighted by molar-refractivity contribution is 5.82. The summed E-state index contributed by atoms with van der Waals surface area (Å²) in [5, 5.41) is 0. The van der Waals surface area contributed by atoms with E-state index >= 15 is 0 Å². The van der Waals surface area contributed by atoms with Crippen molar-refractivity contribution in [3.8, 4) is 0 Å². The minimum atomic E-state index is -0.242. The summed E-state index contributed by atoms with van der Waals surface area (Å²) in [6.45, 7) is 11.1. The van der Waals surface area contributed by atoms with Crippen LogP contribution >= 0.6 is 0 Å². The van der Waals surface area contributed by atoms with Crippen LogP contribution in [0.2, 0.25) is 0 Å². The number of esters is 1. The second kappa shape index (κ2) is 9.94. The van der Waals surface area contributed by atoms with E-state index in [-0.39, 0.29) is 5.97 Å². The normalized spacial score (nSPS) is 14.9. The number of carbonyl (C=O) groups is 1. The summed E-state index contributed by atoms with van der Waals surface area (Å²) in [5.74, 6) is 2.80. The van der Waals surface area contributed by atoms with Crippen LogP contribution in [-0.2, 0) is 9.53 Å². The first-order chi connectivity index (χ1) is 8.86. The highest BCUT2D eigenvalue weighted by Crippen LogP contribution is 2.23. The summed E-state index contributed by atoms with van der Waals surface area (Å²) in [6, 6.07) is 0. The van der Waals surface area contributed by atoms with Crippen LogP contribution in [0, 0.1) is 17.8 Å². The minimum Gasteiger partial charge on any atom is -0.466 e. The van der Waals surface area contributed by atoms with E-state index in [9.17, 15) is 4.79 Å². The van der Waals surface area contributed by atoms with Crippen LogP contribution in [-0.4, -0.2) is 13.1 Å². The van der Waals surface area contributed by atoms with Crippen LogP contribution in [0.4, 0.5) is 0 Å². The number of methoxy groups -OCH3 is 1. The zero-order valence-electron chi connectivity index (χ0n) is 13.6. The molecule has 2 unspecified atom stereocenters. The Balaban J connectivity index is 3.77. The van der Waals surface area contributed by atoms with E-state index < -0.39 is 0 Å². The smallest absolute Gasteiger partial charge is 0.330 e. The van der Waals surface area contributed by atoms with Crippen molar-refractivity contribution < 1.29 is 9.53 Å². The number of allylic oxidation sites excluding steroid dienone is 1. The average molecular weight is 267 g/mol. The Bertz CT molecular complexity index is 279. The lowest BCUT2D eigenvalue weighted by molar-refractivity contribution is -0.134. The van der Waals surface area contributed by atoms with Crippen molar-refractivity contribution in [2.24, 2.45) is 11.8 Å². The number of hydrogen-bond acceptors (Lipinski definition) is 2. The molecule has 0 saturated heterocycles. The van der Waals surface area contributed by atoms with Gasteiger partial charge in [-0.25, -0.2) is 4.79 Å². The Labute approximate surface area is 119 Å². The van der Waals surface area contributed by atoms with Crippen molar-refractivity contribution in [2.75, 3.05) is 7.11 Å². The largest absolute Gasteiger partial charge is 0.466 e. The monoisotopic (exact) mass is 267 g/mol. The van der Waals surface area contributed by atoms with Gasteiger partial charge < -0.3 is 4.74 Å². The van der Waals surface area contributed by atoms with Gasteiger partial charge in [0.1, 0.15) is 0 Å². The molecule has 0 saturated carbocycles. The fraction of sp³-hybridized carbons (Fsp3) is 0.765. The van der Waals surface area contributed by atoms with Gasteiger partial charge >= 0.3 is 5.97 Å². The lowest BCUT2D eigenvalue weighted by atomic mass is 9.88. The van der Waals surface area contributed by atoms with Crippen molar-refractivity contribution in [3.63, 3.8) is 0 Å². The predicted molar refractivity (Wildman–Crippen MR) is 81.8 cm³/mol. The van der Waals surface area contributed by atoms with Crippen molar-refractivity contribution >= 4 is 5.97 Å². The topological polar surface area (TPSA) is 26.3 Å². The van der Waals surface area contributed by atoms with Crippen LogP contribution in [0.1, 0.15) is 66.7 Å². The van der Waals surface area contributed by atoms with Crippen molar-refractivity contribution in [2.45, 2.75) is 66.7 Å². The van der Waals surface area contributed by atoms with E-state index in [4.69, 9.17) is 0 Å². The van der Waals surface area contributed by atoms with Crippen molar-refractivity contribution in [1.82, 2.24) is 0 Å². The van der Waals surface area contributed by atoms with E-state index in [1.54, 1.807) is 6.08 Å². The molecule has 0 heterocycles. The molecule has 0 radical (unpaired) electrons. The first-order valence-electron chi connectivity index (χ1n) is 7.42. The Morgan fingerprint density at radius 1 is 1.21 bits per heavy atom. The van der Waals surface area contributed by atoms with Gasteiger partial charge in [-0.3, -0.25) is 0 Å². The molecule has 0 aliphatic rings. The van der Waals surface area contributed by atoms with E-state index in [2.05, 4.69) is 32.4 Å². The molecule has 0 aliphatic carbocycles. The zero-order chi connectivity index (χ0) is 14.8. The van der Waals surface area contributed by atoms with Crippen LogP contribution in [0.3, 0.4) is 0 Å². The van der Waals surface area contributed by atoms with E-state index in [1.165, 1.54) is 32.3 Å². The van der Waals surface area contributed by atoms with Gasteiger partial charge in [-0.2, -0.15) is 0 Å². The Kier molecular flexibility index (Phi) is 9.46. The van der Waals surface area contributed by atoms with Gasteiger partial charge in [-0.1, -0.05) is 18.9 Å². The van der Waals surface area contributed by atoms with Crippen molar-refractivity contribution in [1.29, 1.82) is 0 Å². The zero-order valence-corrected chi connectivity index (χ0v) is 13.6. The van der Waals surface area contributed by atoms with E-state index in [0.29, 0.717) is 0 Å². The molecule has 0 rings (SSSR count). The molecule has 110 valence electrons. The Hall–Kier alpha value is -0.920. The van der Waals surface area contributed by atoms with Gasteiger partial charge in [0.15, 0.2) is 0 Å². The molecule has 0 amide bonds. The number of hydrogen-bond donors (Lipinski definition) is 0. The third-order valence-electron chi connectivity index (χ3n) is 3.91. The molecule has 0 fully saturated rings. The fourth-order valence-corrected chi connectivity index (χ4v) is 2.03. The maximum absolute atomic E-state index is 11.1. The molecule has 0 aromatic carbocycles. The molecular formula is C17H31O2+. The van der Waals surface area contributed by atoms with Gasteiger partial charge in [0, 0.05) is 6.08 Å².